The lowest BCUT2D eigenvalue weighted by atomic mass is 10.1. The van der Waals surface area contributed by atoms with Crippen LogP contribution in [0, 0.1) is 5.82 Å². The van der Waals surface area contributed by atoms with Gasteiger partial charge in [0.05, 0.1) is 12.8 Å². The van der Waals surface area contributed by atoms with Gasteiger partial charge in [0.25, 0.3) is 5.91 Å². The number of halogens is 1. The van der Waals surface area contributed by atoms with E-state index in [2.05, 4.69) is 21.5 Å². The molecule has 3 rings (SSSR count). The van der Waals surface area contributed by atoms with Crippen molar-refractivity contribution < 1.29 is 13.9 Å². The zero-order chi connectivity index (χ0) is 19.2. The molecular weight excluding hydrogens is 345 g/mol. The Kier molecular flexibility index (Phi) is 6.19. The summed E-state index contributed by atoms with van der Waals surface area (Å²) in [6.45, 7) is 4.89. The van der Waals surface area contributed by atoms with Crippen LogP contribution < -0.4 is 10.2 Å². The molecule has 0 bridgehead atoms. The first-order valence-electron chi connectivity index (χ1n) is 9.06. The fourth-order valence-corrected chi connectivity index (χ4v) is 3.17. The van der Waals surface area contributed by atoms with Crippen molar-refractivity contribution in [2.45, 2.75) is 26.3 Å². The van der Waals surface area contributed by atoms with Crippen molar-refractivity contribution in [2.75, 3.05) is 20.2 Å². The van der Waals surface area contributed by atoms with Crippen LogP contribution in [0.1, 0.15) is 41.3 Å². The molecule has 1 fully saturated rings. The molecule has 142 valence electrons. The maximum absolute atomic E-state index is 13.0. The average Bonchev–Trinajstić information content (AvgIpc) is 3.19. The Morgan fingerprint density at radius 3 is 2.48 bits per heavy atom. The molecule has 0 atom stereocenters. The Morgan fingerprint density at radius 2 is 1.81 bits per heavy atom. The van der Waals surface area contributed by atoms with Gasteiger partial charge < -0.3 is 4.74 Å². The number of carbonyl (C=O) groups is 1. The standard InChI is InChI=1S/C21H24FN3O2/c1-15(23-24-21(26)16-5-8-19(22)9-6-16)17-7-10-20(27-2)18(13-17)14-25-11-3-4-12-25/h5-10,13H,3-4,11-12,14H2,1-2H3,(H,24,26)/b23-15-. The summed E-state index contributed by atoms with van der Waals surface area (Å²) < 4.78 is 18.4. The molecule has 5 nitrogen and oxygen atoms in total. The third kappa shape index (κ3) is 4.92. The second kappa shape index (κ2) is 8.77. The summed E-state index contributed by atoms with van der Waals surface area (Å²) in [5.74, 6) is 0.101. The molecule has 0 unspecified atom stereocenters. The molecule has 0 spiro atoms. The van der Waals surface area contributed by atoms with Crippen LogP contribution in [0.25, 0.3) is 0 Å². The normalized spacial score (nSPS) is 15.0. The molecule has 1 aliphatic rings. The van der Waals surface area contributed by atoms with E-state index in [4.69, 9.17) is 4.74 Å². The Balaban J connectivity index is 1.72. The number of hydrazone groups is 1. The van der Waals surface area contributed by atoms with Crippen LogP contribution in [-0.2, 0) is 6.54 Å². The van der Waals surface area contributed by atoms with Crippen LogP contribution in [-0.4, -0.2) is 36.7 Å². The summed E-state index contributed by atoms with van der Waals surface area (Å²) in [6, 6.07) is 11.3. The number of hydrogen-bond acceptors (Lipinski definition) is 4. The molecule has 1 heterocycles. The number of methoxy groups -OCH3 is 1. The molecule has 1 amide bonds. The molecule has 0 aromatic heterocycles. The lowest BCUT2D eigenvalue weighted by Gasteiger charge is -2.17. The molecule has 0 aliphatic carbocycles. The van der Waals surface area contributed by atoms with E-state index in [0.29, 0.717) is 11.3 Å². The van der Waals surface area contributed by atoms with E-state index >= 15 is 0 Å². The summed E-state index contributed by atoms with van der Waals surface area (Å²) in [5, 5.41) is 4.19. The highest BCUT2D eigenvalue weighted by Gasteiger charge is 2.15. The molecule has 0 saturated carbocycles. The van der Waals surface area contributed by atoms with Crippen molar-refractivity contribution in [3.05, 3.63) is 65.0 Å². The molecular formula is C21H24FN3O2. The van der Waals surface area contributed by atoms with Crippen LogP contribution in [0.2, 0.25) is 0 Å². The zero-order valence-electron chi connectivity index (χ0n) is 15.7. The molecule has 0 radical (unpaired) electrons. The molecule has 2 aromatic rings. The van der Waals surface area contributed by atoms with Crippen molar-refractivity contribution in [1.82, 2.24) is 10.3 Å². The molecule has 6 heteroatoms. The van der Waals surface area contributed by atoms with Gasteiger partial charge in [0.2, 0.25) is 0 Å². The Morgan fingerprint density at radius 1 is 1.15 bits per heavy atom. The third-order valence-corrected chi connectivity index (χ3v) is 4.72. The van der Waals surface area contributed by atoms with Gasteiger partial charge in [0, 0.05) is 17.7 Å². The number of hydrogen-bond donors (Lipinski definition) is 1. The predicted octanol–water partition coefficient (Wildman–Crippen LogP) is 3.58. The molecule has 27 heavy (non-hydrogen) atoms. The van der Waals surface area contributed by atoms with E-state index in [0.717, 1.165) is 36.5 Å². The Bertz CT molecular complexity index is 828. The highest BCUT2D eigenvalue weighted by Crippen LogP contribution is 2.23. The fraction of sp³-hybridized carbons (Fsp3) is 0.333. The van der Waals surface area contributed by atoms with Crippen molar-refractivity contribution in [3.8, 4) is 5.75 Å². The monoisotopic (exact) mass is 369 g/mol. The fourth-order valence-electron chi connectivity index (χ4n) is 3.17. The smallest absolute Gasteiger partial charge is 0.271 e. The number of ether oxygens (including phenoxy) is 1. The SMILES string of the molecule is COc1ccc(/C(C)=N\NC(=O)c2ccc(F)cc2)cc1CN1CCCC1. The van der Waals surface area contributed by atoms with E-state index < -0.39 is 0 Å². The summed E-state index contributed by atoms with van der Waals surface area (Å²) in [4.78, 5) is 14.5. The molecule has 2 aromatic carbocycles. The van der Waals surface area contributed by atoms with Gasteiger partial charge in [-0.3, -0.25) is 9.69 Å². The van der Waals surface area contributed by atoms with Crippen LogP contribution in [0.15, 0.2) is 47.6 Å². The second-order valence-corrected chi connectivity index (χ2v) is 6.65. The number of rotatable bonds is 6. The summed E-state index contributed by atoms with van der Waals surface area (Å²) in [5.41, 5.74) is 5.60. The minimum Gasteiger partial charge on any atom is -0.496 e. The topological polar surface area (TPSA) is 53.9 Å². The van der Waals surface area contributed by atoms with Crippen molar-refractivity contribution in [2.24, 2.45) is 5.10 Å². The Hall–Kier alpha value is -2.73. The van der Waals surface area contributed by atoms with Crippen molar-refractivity contribution >= 4 is 11.6 Å². The lowest BCUT2D eigenvalue weighted by Crippen LogP contribution is -2.20. The van der Waals surface area contributed by atoms with Crippen LogP contribution in [0.4, 0.5) is 4.39 Å². The number of likely N-dealkylation sites (tertiary alicyclic amines) is 1. The zero-order valence-corrected chi connectivity index (χ0v) is 15.7. The third-order valence-electron chi connectivity index (χ3n) is 4.72. The van der Waals surface area contributed by atoms with Gasteiger partial charge in [-0.05, 0) is 80.9 Å². The summed E-state index contributed by atoms with van der Waals surface area (Å²) in [7, 11) is 1.67. The van der Waals surface area contributed by atoms with Crippen LogP contribution >= 0.6 is 0 Å². The first kappa shape index (κ1) is 19.0. The first-order chi connectivity index (χ1) is 13.1. The minimum absolute atomic E-state index is 0.359. The highest BCUT2D eigenvalue weighted by atomic mass is 19.1. The van der Waals surface area contributed by atoms with Gasteiger partial charge in [-0.25, -0.2) is 9.82 Å². The van der Waals surface area contributed by atoms with E-state index in [9.17, 15) is 9.18 Å². The van der Waals surface area contributed by atoms with Crippen molar-refractivity contribution in [1.29, 1.82) is 0 Å². The van der Waals surface area contributed by atoms with Crippen LogP contribution in [0.3, 0.4) is 0 Å². The minimum atomic E-state index is -0.380. The first-order valence-corrected chi connectivity index (χ1v) is 9.06. The number of nitrogens with one attached hydrogen (secondary N) is 1. The van der Waals surface area contributed by atoms with Gasteiger partial charge in [-0.2, -0.15) is 5.10 Å². The summed E-state index contributed by atoms with van der Waals surface area (Å²) >= 11 is 0. The van der Waals surface area contributed by atoms with Gasteiger partial charge in [-0.1, -0.05) is 0 Å². The average molecular weight is 369 g/mol. The van der Waals surface area contributed by atoms with E-state index in [1.54, 1.807) is 7.11 Å². The number of amides is 1. The predicted molar refractivity (Wildman–Crippen MR) is 104 cm³/mol. The lowest BCUT2D eigenvalue weighted by molar-refractivity contribution is 0.0955. The van der Waals surface area contributed by atoms with Gasteiger partial charge in [0.15, 0.2) is 0 Å². The largest absolute Gasteiger partial charge is 0.496 e. The summed E-state index contributed by atoms with van der Waals surface area (Å²) in [6.07, 6.45) is 2.47. The van der Waals surface area contributed by atoms with E-state index in [-0.39, 0.29) is 11.7 Å². The molecule has 1 saturated heterocycles. The maximum atomic E-state index is 13.0. The van der Waals surface area contributed by atoms with Crippen molar-refractivity contribution in [3.63, 3.8) is 0 Å². The number of carbonyl (C=O) groups excluding carboxylic acids is 1. The van der Waals surface area contributed by atoms with Gasteiger partial charge >= 0.3 is 0 Å². The molecule has 1 aliphatic heterocycles. The van der Waals surface area contributed by atoms with Gasteiger partial charge in [0.1, 0.15) is 11.6 Å². The maximum Gasteiger partial charge on any atom is 0.271 e. The number of nitrogens with zero attached hydrogens (tertiary/aromatic N) is 2. The highest BCUT2D eigenvalue weighted by molar-refractivity contribution is 6.01. The van der Waals surface area contributed by atoms with E-state index in [1.807, 2.05) is 19.1 Å². The van der Waals surface area contributed by atoms with Crippen LogP contribution in [0.5, 0.6) is 5.75 Å². The number of benzene rings is 2. The second-order valence-electron chi connectivity index (χ2n) is 6.65. The quantitative estimate of drug-likeness (QED) is 0.625. The van der Waals surface area contributed by atoms with E-state index in [1.165, 1.54) is 37.1 Å². The molecule has 1 N–H and O–H groups in total. The Labute approximate surface area is 158 Å². The van der Waals surface area contributed by atoms with Gasteiger partial charge in [-0.15, -0.1) is 0 Å².